The summed E-state index contributed by atoms with van der Waals surface area (Å²) in [6.45, 7) is 2.98. The summed E-state index contributed by atoms with van der Waals surface area (Å²) >= 11 is 6.08. The molecule has 1 aromatic heterocycles. The van der Waals surface area contributed by atoms with Crippen molar-refractivity contribution in [3.8, 4) is 0 Å². The van der Waals surface area contributed by atoms with Crippen molar-refractivity contribution in [1.82, 2.24) is 18.9 Å². The molecule has 29 heavy (non-hydrogen) atoms. The van der Waals surface area contributed by atoms with Gasteiger partial charge in [-0.25, -0.2) is 9.18 Å². The number of hydrogen-bond donors (Lipinski definition) is 0. The summed E-state index contributed by atoms with van der Waals surface area (Å²) < 4.78 is 15.5. The number of rotatable bonds is 4. The minimum absolute atomic E-state index is 0.194. The zero-order valence-electron chi connectivity index (χ0n) is 16.3. The van der Waals surface area contributed by atoms with Crippen LogP contribution in [-0.2, 0) is 25.4 Å². The van der Waals surface area contributed by atoms with Crippen LogP contribution in [0.15, 0.2) is 40.1 Å². The third-order valence-corrected chi connectivity index (χ3v) is 5.32. The van der Waals surface area contributed by atoms with Gasteiger partial charge in [-0.05, 0) is 23.8 Å². The summed E-state index contributed by atoms with van der Waals surface area (Å²) in [4.78, 5) is 40.2. The Kier molecular flexibility index (Phi) is 6.34. The van der Waals surface area contributed by atoms with Crippen LogP contribution in [0.25, 0.3) is 6.08 Å². The van der Waals surface area contributed by atoms with Crippen molar-refractivity contribution in [1.29, 1.82) is 0 Å². The first-order valence-electron chi connectivity index (χ1n) is 9.16. The number of benzene rings is 1. The third-order valence-electron chi connectivity index (χ3n) is 4.97. The first-order valence-corrected chi connectivity index (χ1v) is 9.54. The van der Waals surface area contributed by atoms with E-state index in [-0.39, 0.29) is 17.3 Å². The Bertz CT molecular complexity index is 1070. The van der Waals surface area contributed by atoms with Crippen LogP contribution in [0, 0.1) is 5.82 Å². The molecule has 1 aromatic carbocycles. The molecule has 1 aliphatic heterocycles. The van der Waals surface area contributed by atoms with Gasteiger partial charge in [0.2, 0.25) is 5.91 Å². The van der Waals surface area contributed by atoms with Crippen molar-refractivity contribution in [2.75, 3.05) is 26.2 Å². The molecule has 3 rings (SSSR count). The number of carbonyl (C=O) groups is 1. The highest BCUT2D eigenvalue weighted by Crippen LogP contribution is 2.19. The van der Waals surface area contributed by atoms with E-state index in [1.54, 1.807) is 18.0 Å². The molecule has 0 N–H and O–H groups in total. The minimum Gasteiger partial charge on any atom is -0.337 e. The van der Waals surface area contributed by atoms with Gasteiger partial charge in [-0.2, -0.15) is 0 Å². The average molecular weight is 421 g/mol. The van der Waals surface area contributed by atoms with E-state index in [1.165, 1.54) is 42.1 Å². The van der Waals surface area contributed by atoms with E-state index in [0.29, 0.717) is 37.7 Å². The van der Waals surface area contributed by atoms with E-state index < -0.39 is 11.2 Å². The highest BCUT2D eigenvalue weighted by molar-refractivity contribution is 6.31. The highest BCUT2D eigenvalue weighted by Gasteiger charge is 2.20. The van der Waals surface area contributed by atoms with Crippen LogP contribution in [0.2, 0.25) is 5.02 Å². The van der Waals surface area contributed by atoms with Gasteiger partial charge in [-0.3, -0.25) is 19.1 Å². The quantitative estimate of drug-likeness (QED) is 0.698. The molecule has 154 valence electrons. The van der Waals surface area contributed by atoms with Crippen LogP contribution >= 0.6 is 11.6 Å². The van der Waals surface area contributed by atoms with E-state index in [2.05, 4.69) is 4.90 Å². The lowest BCUT2D eigenvalue weighted by Gasteiger charge is -2.34. The molecule has 0 atom stereocenters. The van der Waals surface area contributed by atoms with Gasteiger partial charge in [0.25, 0.3) is 5.56 Å². The van der Waals surface area contributed by atoms with Crippen molar-refractivity contribution in [2.24, 2.45) is 14.1 Å². The normalized spacial score (nSPS) is 15.2. The van der Waals surface area contributed by atoms with Crippen LogP contribution < -0.4 is 11.2 Å². The summed E-state index contributed by atoms with van der Waals surface area (Å²) in [5.74, 6) is -0.561. The first kappa shape index (κ1) is 21.0. The standard InChI is InChI=1S/C20H22ClFN4O3/c1-23-12-15(19(28)24(2)20(23)29)4-6-18(27)26-9-7-25(8-10-26)13-14-3-5-16(22)11-17(14)21/h3-6,11-12H,7-10,13H2,1-2H3/b6-4+. The number of piperazine rings is 1. The number of amides is 1. The van der Waals surface area contributed by atoms with E-state index in [9.17, 15) is 18.8 Å². The van der Waals surface area contributed by atoms with E-state index in [1.807, 2.05) is 0 Å². The van der Waals surface area contributed by atoms with Gasteiger partial charge in [0, 0.05) is 64.1 Å². The van der Waals surface area contributed by atoms with Crippen LogP contribution in [0.4, 0.5) is 4.39 Å². The van der Waals surface area contributed by atoms with Crippen molar-refractivity contribution in [3.05, 3.63) is 73.3 Å². The van der Waals surface area contributed by atoms with Crippen molar-refractivity contribution < 1.29 is 9.18 Å². The number of aromatic nitrogens is 2. The van der Waals surface area contributed by atoms with Gasteiger partial charge < -0.3 is 9.47 Å². The SMILES string of the molecule is Cn1cc(/C=C/C(=O)N2CCN(Cc3ccc(F)cc3Cl)CC2)c(=O)n(C)c1=O. The van der Waals surface area contributed by atoms with Crippen LogP contribution in [0.5, 0.6) is 0 Å². The smallest absolute Gasteiger partial charge is 0.330 e. The van der Waals surface area contributed by atoms with E-state index >= 15 is 0 Å². The summed E-state index contributed by atoms with van der Waals surface area (Å²) in [7, 11) is 2.95. The van der Waals surface area contributed by atoms with Gasteiger partial charge in [-0.15, -0.1) is 0 Å². The van der Waals surface area contributed by atoms with Gasteiger partial charge in [0.05, 0.1) is 5.56 Å². The lowest BCUT2D eigenvalue weighted by molar-refractivity contribution is -0.127. The predicted molar refractivity (Wildman–Crippen MR) is 109 cm³/mol. The fraction of sp³-hybridized carbons (Fsp3) is 0.350. The van der Waals surface area contributed by atoms with Crippen molar-refractivity contribution >= 4 is 23.6 Å². The molecule has 9 heteroatoms. The number of hydrogen-bond acceptors (Lipinski definition) is 4. The van der Waals surface area contributed by atoms with Crippen LogP contribution in [-0.4, -0.2) is 51.0 Å². The Balaban J connectivity index is 1.60. The molecule has 1 aliphatic rings. The number of aryl methyl sites for hydroxylation is 1. The average Bonchev–Trinajstić information content (AvgIpc) is 2.70. The van der Waals surface area contributed by atoms with Gasteiger partial charge >= 0.3 is 5.69 Å². The van der Waals surface area contributed by atoms with Gasteiger partial charge in [0.1, 0.15) is 5.82 Å². The van der Waals surface area contributed by atoms with E-state index in [4.69, 9.17) is 11.6 Å². The highest BCUT2D eigenvalue weighted by atomic mass is 35.5. The van der Waals surface area contributed by atoms with Crippen molar-refractivity contribution in [2.45, 2.75) is 6.54 Å². The Morgan fingerprint density at radius 2 is 1.86 bits per heavy atom. The summed E-state index contributed by atoms with van der Waals surface area (Å²) in [5, 5.41) is 0.394. The molecule has 2 heterocycles. The van der Waals surface area contributed by atoms with Crippen LogP contribution in [0.3, 0.4) is 0 Å². The molecule has 0 radical (unpaired) electrons. The van der Waals surface area contributed by atoms with Crippen LogP contribution in [0.1, 0.15) is 11.1 Å². The number of nitrogens with zero attached hydrogens (tertiary/aromatic N) is 4. The molecule has 7 nitrogen and oxygen atoms in total. The fourth-order valence-electron chi connectivity index (χ4n) is 3.23. The maximum Gasteiger partial charge on any atom is 0.330 e. The monoisotopic (exact) mass is 420 g/mol. The van der Waals surface area contributed by atoms with Gasteiger partial charge in [0.15, 0.2) is 0 Å². The molecule has 0 unspecified atom stereocenters. The maximum absolute atomic E-state index is 13.2. The molecular formula is C20H22ClFN4O3. The molecule has 0 saturated carbocycles. The maximum atomic E-state index is 13.2. The number of halogens is 2. The zero-order valence-corrected chi connectivity index (χ0v) is 17.0. The number of carbonyl (C=O) groups excluding carboxylic acids is 1. The molecule has 1 fully saturated rings. The lowest BCUT2D eigenvalue weighted by atomic mass is 10.2. The fourth-order valence-corrected chi connectivity index (χ4v) is 3.46. The largest absolute Gasteiger partial charge is 0.337 e. The second kappa shape index (κ2) is 8.75. The Hall–Kier alpha value is -2.71. The van der Waals surface area contributed by atoms with Gasteiger partial charge in [-0.1, -0.05) is 17.7 Å². The molecular weight excluding hydrogens is 399 g/mol. The molecule has 1 amide bonds. The summed E-state index contributed by atoms with van der Waals surface area (Å²) in [6.07, 6.45) is 4.21. The molecule has 2 aromatic rings. The summed E-state index contributed by atoms with van der Waals surface area (Å²) in [5.41, 5.74) is 0.250. The first-order chi connectivity index (χ1) is 13.8. The van der Waals surface area contributed by atoms with E-state index in [0.717, 1.165) is 10.1 Å². The molecule has 0 spiro atoms. The molecule has 1 saturated heterocycles. The topological polar surface area (TPSA) is 67.6 Å². The summed E-state index contributed by atoms with van der Waals surface area (Å²) in [6, 6.07) is 4.35. The third kappa shape index (κ3) is 4.83. The van der Waals surface area contributed by atoms with Crippen molar-refractivity contribution in [3.63, 3.8) is 0 Å². The second-order valence-electron chi connectivity index (χ2n) is 7.01. The Labute approximate surface area is 172 Å². The molecule has 0 aliphatic carbocycles. The Morgan fingerprint density at radius 3 is 2.52 bits per heavy atom. The second-order valence-corrected chi connectivity index (χ2v) is 7.42. The predicted octanol–water partition coefficient (Wildman–Crippen LogP) is 1.23. The molecule has 0 bridgehead atoms. The lowest BCUT2D eigenvalue weighted by Crippen LogP contribution is -2.47. The zero-order chi connectivity index (χ0) is 21.1. The minimum atomic E-state index is -0.446. The Morgan fingerprint density at radius 1 is 1.17 bits per heavy atom.